The summed E-state index contributed by atoms with van der Waals surface area (Å²) in [5.41, 5.74) is 0. The van der Waals surface area contributed by atoms with Gasteiger partial charge in [0.2, 0.25) is 0 Å². The number of rotatable bonds is 2. The second-order valence-electron chi connectivity index (χ2n) is 2.17. The maximum absolute atomic E-state index is 10.8. The Morgan fingerprint density at radius 2 is 2.42 bits per heavy atom. The Hall–Kier alpha value is -1.09. The third-order valence-electron chi connectivity index (χ3n) is 1.20. The first-order valence-electron chi connectivity index (χ1n) is 3.53. The van der Waals surface area contributed by atoms with Gasteiger partial charge in [0.25, 0.3) is 0 Å². The quantitative estimate of drug-likeness (QED) is 0.662. The van der Waals surface area contributed by atoms with E-state index in [0.717, 1.165) is 0 Å². The van der Waals surface area contributed by atoms with Crippen molar-refractivity contribution in [3.63, 3.8) is 0 Å². The van der Waals surface area contributed by atoms with E-state index in [1.54, 1.807) is 13.0 Å². The molecule has 0 aliphatic carbocycles. The molecule has 0 aliphatic rings. The molecule has 0 saturated heterocycles. The topological polar surface area (TPSA) is 39.2 Å². The van der Waals surface area contributed by atoms with Crippen LogP contribution in [-0.4, -0.2) is 11.0 Å². The Kier molecular flexibility index (Phi) is 3.05. The van der Waals surface area contributed by atoms with Crippen LogP contribution >= 0.6 is 11.6 Å². The molecule has 1 rings (SSSR count). The van der Waals surface area contributed by atoms with Crippen molar-refractivity contribution in [3.8, 4) is 5.75 Å². The van der Waals surface area contributed by atoms with Gasteiger partial charge in [-0.05, 0) is 0 Å². The molecule has 0 atom stereocenters. The van der Waals surface area contributed by atoms with Gasteiger partial charge in [-0.2, -0.15) is 0 Å². The minimum atomic E-state index is -0.293. The molecular weight excluding hydrogens is 178 g/mol. The second-order valence-corrected chi connectivity index (χ2v) is 2.60. The van der Waals surface area contributed by atoms with Crippen LogP contribution in [0.2, 0.25) is 5.02 Å². The van der Waals surface area contributed by atoms with Crippen LogP contribution in [0.1, 0.15) is 13.3 Å². The average Bonchev–Trinajstić information content (AvgIpc) is 2.04. The van der Waals surface area contributed by atoms with Gasteiger partial charge in [-0.3, -0.25) is 9.78 Å². The summed E-state index contributed by atoms with van der Waals surface area (Å²) < 4.78 is 4.86. The number of carbonyl (C=O) groups is 1. The molecule has 0 saturated carbocycles. The molecule has 0 radical (unpaired) electrons. The first-order chi connectivity index (χ1) is 5.72. The number of carbonyl (C=O) groups excluding carboxylic acids is 1. The molecule has 0 bridgehead atoms. The second kappa shape index (κ2) is 4.07. The molecule has 3 nitrogen and oxygen atoms in total. The highest BCUT2D eigenvalue weighted by Crippen LogP contribution is 2.15. The van der Waals surface area contributed by atoms with Gasteiger partial charge in [-0.15, -0.1) is 0 Å². The fraction of sp³-hybridized carbons (Fsp3) is 0.250. The maximum atomic E-state index is 10.8. The lowest BCUT2D eigenvalue weighted by Crippen LogP contribution is -2.05. The highest BCUT2D eigenvalue weighted by molar-refractivity contribution is 6.30. The summed E-state index contributed by atoms with van der Waals surface area (Å²) in [6.07, 6.45) is 3.26. The summed E-state index contributed by atoms with van der Waals surface area (Å²) in [6.45, 7) is 1.72. The Labute approximate surface area is 75.3 Å². The lowest BCUT2D eigenvalue weighted by atomic mass is 10.4. The van der Waals surface area contributed by atoms with E-state index in [4.69, 9.17) is 16.3 Å². The van der Waals surface area contributed by atoms with E-state index in [0.29, 0.717) is 17.2 Å². The molecule has 1 aromatic rings. The van der Waals surface area contributed by atoms with E-state index in [9.17, 15) is 4.79 Å². The zero-order valence-electron chi connectivity index (χ0n) is 6.58. The van der Waals surface area contributed by atoms with E-state index < -0.39 is 0 Å². The third kappa shape index (κ3) is 2.51. The molecule has 0 amide bonds. The van der Waals surface area contributed by atoms with Crippen LogP contribution in [0.25, 0.3) is 0 Å². The van der Waals surface area contributed by atoms with Crippen LogP contribution in [0.4, 0.5) is 0 Å². The predicted molar refractivity (Wildman–Crippen MR) is 45.2 cm³/mol. The van der Waals surface area contributed by atoms with E-state index >= 15 is 0 Å². The number of hydrogen-bond donors (Lipinski definition) is 0. The van der Waals surface area contributed by atoms with E-state index in [1.165, 1.54) is 12.4 Å². The lowest BCUT2D eigenvalue weighted by Gasteiger charge is -2.00. The summed E-state index contributed by atoms with van der Waals surface area (Å²) in [5.74, 6) is 0.0911. The smallest absolute Gasteiger partial charge is 0.310 e. The minimum Gasteiger partial charge on any atom is -0.425 e. The molecule has 0 spiro atoms. The Morgan fingerprint density at radius 3 is 3.00 bits per heavy atom. The SMILES string of the molecule is CCC(=O)Oc1cncc(Cl)c1. The largest absolute Gasteiger partial charge is 0.425 e. The Balaban J connectivity index is 2.69. The number of pyridine rings is 1. The van der Waals surface area contributed by atoms with Crippen LogP contribution < -0.4 is 4.74 Å². The first kappa shape index (κ1) is 9.00. The molecule has 4 heteroatoms. The molecule has 0 aliphatic heterocycles. The van der Waals surface area contributed by atoms with Gasteiger partial charge >= 0.3 is 5.97 Å². The van der Waals surface area contributed by atoms with Gasteiger partial charge in [-0.25, -0.2) is 0 Å². The van der Waals surface area contributed by atoms with Crippen molar-refractivity contribution in [1.82, 2.24) is 4.98 Å². The van der Waals surface area contributed by atoms with Crippen LogP contribution in [0.5, 0.6) is 5.75 Å². The van der Waals surface area contributed by atoms with Gasteiger partial charge in [0.15, 0.2) is 5.75 Å². The standard InChI is InChI=1S/C8H8ClNO2/c1-2-8(11)12-7-3-6(9)4-10-5-7/h3-5H,2H2,1H3. The average molecular weight is 186 g/mol. The van der Waals surface area contributed by atoms with Crippen LogP contribution in [0.15, 0.2) is 18.5 Å². The van der Waals surface area contributed by atoms with Gasteiger partial charge in [0.1, 0.15) is 0 Å². The summed E-state index contributed by atoms with van der Waals surface area (Å²) in [5, 5.41) is 0.455. The van der Waals surface area contributed by atoms with Gasteiger partial charge in [0, 0.05) is 18.7 Å². The normalized spacial score (nSPS) is 9.50. The molecule has 64 valence electrons. The number of nitrogens with zero attached hydrogens (tertiary/aromatic N) is 1. The lowest BCUT2D eigenvalue weighted by molar-refractivity contribution is -0.134. The first-order valence-corrected chi connectivity index (χ1v) is 3.91. The van der Waals surface area contributed by atoms with Crippen molar-refractivity contribution in [2.45, 2.75) is 13.3 Å². The summed E-state index contributed by atoms with van der Waals surface area (Å²) in [4.78, 5) is 14.6. The summed E-state index contributed by atoms with van der Waals surface area (Å²) in [7, 11) is 0. The molecule has 0 aromatic carbocycles. The summed E-state index contributed by atoms with van der Waals surface area (Å²) in [6, 6.07) is 1.54. The third-order valence-corrected chi connectivity index (χ3v) is 1.41. The zero-order valence-corrected chi connectivity index (χ0v) is 7.34. The van der Waals surface area contributed by atoms with E-state index in [1.807, 2.05) is 0 Å². The zero-order chi connectivity index (χ0) is 8.97. The van der Waals surface area contributed by atoms with Gasteiger partial charge in [0.05, 0.1) is 11.2 Å². The predicted octanol–water partition coefficient (Wildman–Crippen LogP) is 2.05. The van der Waals surface area contributed by atoms with Crippen LogP contribution in [0, 0.1) is 0 Å². The van der Waals surface area contributed by atoms with Crippen molar-refractivity contribution in [2.24, 2.45) is 0 Å². The number of esters is 1. The van der Waals surface area contributed by atoms with Crippen molar-refractivity contribution in [2.75, 3.05) is 0 Å². The van der Waals surface area contributed by atoms with E-state index in [-0.39, 0.29) is 5.97 Å². The van der Waals surface area contributed by atoms with Crippen molar-refractivity contribution < 1.29 is 9.53 Å². The molecule has 12 heavy (non-hydrogen) atoms. The fourth-order valence-corrected chi connectivity index (χ4v) is 0.816. The molecule has 0 fully saturated rings. The summed E-state index contributed by atoms with van der Waals surface area (Å²) >= 11 is 5.62. The van der Waals surface area contributed by atoms with Gasteiger partial charge in [-0.1, -0.05) is 18.5 Å². The molecule has 1 heterocycles. The molecule has 1 aromatic heterocycles. The van der Waals surface area contributed by atoms with E-state index in [2.05, 4.69) is 4.98 Å². The number of ether oxygens (including phenoxy) is 1. The number of hydrogen-bond acceptors (Lipinski definition) is 3. The minimum absolute atomic E-state index is 0.293. The number of aromatic nitrogens is 1. The Morgan fingerprint density at radius 1 is 1.67 bits per heavy atom. The van der Waals surface area contributed by atoms with Crippen LogP contribution in [0.3, 0.4) is 0 Å². The molecule has 0 N–H and O–H groups in total. The monoisotopic (exact) mass is 185 g/mol. The Bertz CT molecular complexity index is 288. The highest BCUT2D eigenvalue weighted by Gasteiger charge is 2.01. The molecule has 0 unspecified atom stereocenters. The van der Waals surface area contributed by atoms with Crippen molar-refractivity contribution in [3.05, 3.63) is 23.5 Å². The van der Waals surface area contributed by atoms with Gasteiger partial charge < -0.3 is 4.74 Å². The van der Waals surface area contributed by atoms with Crippen LogP contribution in [-0.2, 0) is 4.79 Å². The maximum Gasteiger partial charge on any atom is 0.310 e. The number of halogens is 1. The van der Waals surface area contributed by atoms with Crippen molar-refractivity contribution >= 4 is 17.6 Å². The fourth-order valence-electron chi connectivity index (χ4n) is 0.652. The van der Waals surface area contributed by atoms with Crippen molar-refractivity contribution in [1.29, 1.82) is 0 Å². The molecular formula is C8H8ClNO2. The highest BCUT2D eigenvalue weighted by atomic mass is 35.5.